The lowest BCUT2D eigenvalue weighted by Gasteiger charge is -2.19. The van der Waals surface area contributed by atoms with Crippen LogP contribution >= 0.6 is 0 Å². The Balaban J connectivity index is 1.67. The molecule has 1 N–H and O–H groups in total. The Bertz CT molecular complexity index is 930. The molecule has 0 aliphatic carbocycles. The van der Waals surface area contributed by atoms with Crippen molar-refractivity contribution in [2.45, 2.75) is 25.8 Å². The molecular weight excluding hydrogens is 392 g/mol. The van der Waals surface area contributed by atoms with Crippen molar-refractivity contribution in [3.05, 3.63) is 63.7 Å². The zero-order valence-corrected chi connectivity index (χ0v) is 16.5. The zero-order chi connectivity index (χ0) is 21.5. The van der Waals surface area contributed by atoms with Crippen molar-refractivity contribution in [2.75, 3.05) is 19.8 Å². The fraction of sp³-hybridized carbons (Fsp3) is 0.333. The summed E-state index contributed by atoms with van der Waals surface area (Å²) in [7, 11) is 0. The second-order valence-electron chi connectivity index (χ2n) is 6.67. The summed E-state index contributed by atoms with van der Waals surface area (Å²) < 4.78 is 15.7. The number of carbonyl (C=O) groups is 2. The molecule has 9 heteroatoms. The standard InChI is InChI=1S/C21H22N2O7/c1-2-6-16(14-7-4-3-5-8-14)22-20(24)13-30-21(25)15-11-18-19(29-10-9-28-18)12-17(15)23(26)27/h3-5,7-8,11-12,16H,2,6,9-10,13H2,1H3,(H,22,24)/t16-/m1/s1. The quantitative estimate of drug-likeness (QED) is 0.400. The van der Waals surface area contributed by atoms with Gasteiger partial charge in [0.05, 0.1) is 17.0 Å². The summed E-state index contributed by atoms with van der Waals surface area (Å²) in [6.45, 7) is 1.97. The predicted molar refractivity (Wildman–Crippen MR) is 107 cm³/mol. The van der Waals surface area contributed by atoms with Crippen molar-refractivity contribution >= 4 is 17.6 Å². The van der Waals surface area contributed by atoms with Crippen molar-refractivity contribution in [3.8, 4) is 11.5 Å². The summed E-state index contributed by atoms with van der Waals surface area (Å²) >= 11 is 0. The number of hydrogen-bond acceptors (Lipinski definition) is 7. The number of rotatable bonds is 8. The Kier molecular flexibility index (Phi) is 6.84. The van der Waals surface area contributed by atoms with Crippen molar-refractivity contribution in [2.24, 2.45) is 0 Å². The van der Waals surface area contributed by atoms with E-state index in [0.717, 1.165) is 24.5 Å². The first-order chi connectivity index (χ1) is 14.5. The molecule has 0 radical (unpaired) electrons. The van der Waals surface area contributed by atoms with E-state index in [-0.39, 0.29) is 36.3 Å². The fourth-order valence-corrected chi connectivity index (χ4v) is 3.13. The van der Waals surface area contributed by atoms with E-state index in [4.69, 9.17) is 14.2 Å². The van der Waals surface area contributed by atoms with Crippen LogP contribution in [0.5, 0.6) is 11.5 Å². The highest BCUT2D eigenvalue weighted by molar-refractivity contribution is 5.96. The molecule has 2 aromatic carbocycles. The molecule has 0 spiro atoms. The minimum Gasteiger partial charge on any atom is -0.486 e. The van der Waals surface area contributed by atoms with Gasteiger partial charge in [0.1, 0.15) is 18.8 Å². The van der Waals surface area contributed by atoms with Crippen LogP contribution < -0.4 is 14.8 Å². The maximum atomic E-state index is 12.4. The van der Waals surface area contributed by atoms with E-state index in [9.17, 15) is 19.7 Å². The summed E-state index contributed by atoms with van der Waals surface area (Å²) in [6.07, 6.45) is 1.57. The van der Waals surface area contributed by atoms with Crippen LogP contribution in [-0.4, -0.2) is 36.6 Å². The van der Waals surface area contributed by atoms with Gasteiger partial charge < -0.3 is 19.5 Å². The van der Waals surface area contributed by atoms with Gasteiger partial charge in [-0.3, -0.25) is 14.9 Å². The van der Waals surface area contributed by atoms with Crippen LogP contribution in [0.25, 0.3) is 0 Å². The third kappa shape index (κ3) is 5.05. The fourth-order valence-electron chi connectivity index (χ4n) is 3.13. The Morgan fingerprint density at radius 1 is 1.17 bits per heavy atom. The summed E-state index contributed by atoms with van der Waals surface area (Å²) in [4.78, 5) is 35.4. The summed E-state index contributed by atoms with van der Waals surface area (Å²) in [5.74, 6) is -1.07. The second kappa shape index (κ2) is 9.73. The minimum absolute atomic E-state index is 0.188. The highest BCUT2D eigenvalue weighted by atomic mass is 16.6. The zero-order valence-electron chi connectivity index (χ0n) is 16.5. The van der Waals surface area contributed by atoms with Gasteiger partial charge >= 0.3 is 5.97 Å². The van der Waals surface area contributed by atoms with Crippen LogP contribution in [0.1, 0.15) is 41.7 Å². The van der Waals surface area contributed by atoms with Crippen molar-refractivity contribution in [1.82, 2.24) is 5.32 Å². The smallest absolute Gasteiger partial charge is 0.345 e. The van der Waals surface area contributed by atoms with Crippen LogP contribution in [-0.2, 0) is 9.53 Å². The van der Waals surface area contributed by atoms with Crippen LogP contribution in [0.4, 0.5) is 5.69 Å². The van der Waals surface area contributed by atoms with Crippen LogP contribution in [0, 0.1) is 10.1 Å². The molecule has 0 fully saturated rings. The largest absolute Gasteiger partial charge is 0.486 e. The number of esters is 1. The molecule has 0 aromatic heterocycles. The van der Waals surface area contributed by atoms with E-state index in [0.29, 0.717) is 0 Å². The Morgan fingerprint density at radius 3 is 2.47 bits per heavy atom. The average Bonchev–Trinajstić information content (AvgIpc) is 2.76. The molecule has 158 valence electrons. The minimum atomic E-state index is -0.986. The Morgan fingerprint density at radius 2 is 1.83 bits per heavy atom. The van der Waals surface area contributed by atoms with Gasteiger partial charge in [-0.2, -0.15) is 0 Å². The van der Waals surface area contributed by atoms with E-state index < -0.39 is 29.1 Å². The number of nitrogens with one attached hydrogen (secondary N) is 1. The maximum absolute atomic E-state index is 12.4. The van der Waals surface area contributed by atoms with Crippen molar-refractivity contribution in [1.29, 1.82) is 0 Å². The van der Waals surface area contributed by atoms with Gasteiger partial charge in [0.2, 0.25) is 0 Å². The number of fused-ring (bicyclic) bond motifs is 1. The first-order valence-corrected chi connectivity index (χ1v) is 9.59. The van der Waals surface area contributed by atoms with Gasteiger partial charge in [0.25, 0.3) is 11.6 Å². The van der Waals surface area contributed by atoms with E-state index in [1.807, 2.05) is 37.3 Å². The molecule has 2 aromatic rings. The molecule has 9 nitrogen and oxygen atoms in total. The monoisotopic (exact) mass is 414 g/mol. The van der Waals surface area contributed by atoms with Crippen molar-refractivity contribution in [3.63, 3.8) is 0 Å². The highest BCUT2D eigenvalue weighted by Gasteiger charge is 2.28. The summed E-state index contributed by atoms with van der Waals surface area (Å²) in [5, 5.41) is 14.2. The number of carbonyl (C=O) groups excluding carboxylic acids is 2. The van der Waals surface area contributed by atoms with Gasteiger partial charge in [-0.25, -0.2) is 4.79 Å². The molecule has 3 rings (SSSR count). The normalized spacial score (nSPS) is 13.2. The average molecular weight is 414 g/mol. The SMILES string of the molecule is CCC[C@@H](NC(=O)COC(=O)c1cc2c(cc1[N+](=O)[O-])OCCO2)c1ccccc1. The first-order valence-electron chi connectivity index (χ1n) is 9.59. The van der Waals surface area contributed by atoms with E-state index in [1.165, 1.54) is 6.07 Å². The number of nitro benzene ring substituents is 1. The topological polar surface area (TPSA) is 117 Å². The maximum Gasteiger partial charge on any atom is 0.345 e. The molecule has 1 aliphatic heterocycles. The molecule has 30 heavy (non-hydrogen) atoms. The predicted octanol–water partition coefficient (Wildman–Crippen LogP) is 3.18. The summed E-state index contributed by atoms with van der Waals surface area (Å²) in [5.41, 5.74) is 0.171. The highest BCUT2D eigenvalue weighted by Crippen LogP contribution is 2.36. The number of ether oxygens (including phenoxy) is 3. The van der Waals surface area contributed by atoms with Crippen LogP contribution in [0.2, 0.25) is 0 Å². The third-order valence-corrected chi connectivity index (χ3v) is 4.53. The number of nitro groups is 1. The first kappa shape index (κ1) is 21.1. The molecule has 1 amide bonds. The van der Waals surface area contributed by atoms with E-state index >= 15 is 0 Å². The summed E-state index contributed by atoms with van der Waals surface area (Å²) in [6, 6.07) is 11.6. The van der Waals surface area contributed by atoms with Gasteiger partial charge in [-0.05, 0) is 12.0 Å². The van der Waals surface area contributed by atoms with Crippen molar-refractivity contribution < 1.29 is 28.7 Å². The number of amides is 1. The van der Waals surface area contributed by atoms with Gasteiger partial charge in [-0.1, -0.05) is 43.7 Å². The lowest BCUT2D eigenvalue weighted by molar-refractivity contribution is -0.385. The number of nitrogens with zero attached hydrogens (tertiary/aromatic N) is 1. The molecule has 1 aliphatic rings. The molecule has 0 bridgehead atoms. The van der Waals surface area contributed by atoms with Crippen LogP contribution in [0.15, 0.2) is 42.5 Å². The number of hydrogen-bond donors (Lipinski definition) is 1. The second-order valence-corrected chi connectivity index (χ2v) is 6.67. The van der Waals surface area contributed by atoms with Gasteiger partial charge in [0.15, 0.2) is 18.1 Å². The molecule has 0 saturated heterocycles. The lowest BCUT2D eigenvalue weighted by atomic mass is 10.0. The Hall–Kier alpha value is -3.62. The molecular formula is C21H22N2O7. The lowest BCUT2D eigenvalue weighted by Crippen LogP contribution is -2.32. The molecule has 0 unspecified atom stereocenters. The van der Waals surface area contributed by atoms with Crippen LogP contribution in [0.3, 0.4) is 0 Å². The molecule has 0 saturated carbocycles. The van der Waals surface area contributed by atoms with Gasteiger partial charge in [0, 0.05) is 6.07 Å². The number of benzene rings is 2. The third-order valence-electron chi connectivity index (χ3n) is 4.53. The van der Waals surface area contributed by atoms with Gasteiger partial charge in [-0.15, -0.1) is 0 Å². The Labute approximate surface area is 173 Å². The van der Waals surface area contributed by atoms with E-state index in [2.05, 4.69) is 5.32 Å². The molecule has 1 atom stereocenters. The van der Waals surface area contributed by atoms with E-state index in [1.54, 1.807) is 0 Å². The molecule has 1 heterocycles.